The number of phenols is 1. The third-order valence-electron chi connectivity index (χ3n) is 4.58. The average Bonchev–Trinajstić information content (AvgIpc) is 3.13. The van der Waals surface area contributed by atoms with Crippen molar-refractivity contribution in [2.24, 2.45) is 4.99 Å². The number of fused-ring (bicyclic) bond motifs is 1. The molecule has 4 rings (SSSR count). The van der Waals surface area contributed by atoms with Crippen LogP contribution in [-0.2, 0) is 4.79 Å². The van der Waals surface area contributed by atoms with Gasteiger partial charge in [-0.05, 0) is 52.7 Å². The molecule has 2 aromatic rings. The van der Waals surface area contributed by atoms with Crippen molar-refractivity contribution in [2.45, 2.75) is 12.5 Å². The summed E-state index contributed by atoms with van der Waals surface area (Å²) in [7, 11) is -3.21. The summed E-state index contributed by atoms with van der Waals surface area (Å²) in [5.41, 5.74) is 0.875. The summed E-state index contributed by atoms with van der Waals surface area (Å²) in [5, 5.41) is 19.2. The number of nitriles is 1. The number of guanidine groups is 1. The number of para-hydroxylation sites is 1. The molecule has 1 unspecified atom stereocenters. The first-order valence-corrected chi connectivity index (χ1v) is 10.8. The Bertz CT molecular complexity index is 1050. The largest absolute Gasteiger partial charge is 0.506 e. The van der Waals surface area contributed by atoms with E-state index in [9.17, 15) is 19.0 Å². The van der Waals surface area contributed by atoms with Crippen LogP contribution in [0.25, 0.3) is 0 Å². The van der Waals surface area contributed by atoms with Gasteiger partial charge in [0.2, 0.25) is 5.96 Å². The molecule has 2 aromatic carbocycles. The van der Waals surface area contributed by atoms with Gasteiger partial charge in [0.1, 0.15) is 17.5 Å². The maximum absolute atomic E-state index is 13.1. The molecule has 0 bridgehead atoms. The SMILES string of the molecule is N#Cc1ccc(N=C2N(c3ccccc3Br)C(=O)C3CCS(O)(O)N23)c(O)c1. The fourth-order valence-electron chi connectivity index (χ4n) is 3.28. The summed E-state index contributed by atoms with van der Waals surface area (Å²) in [6.07, 6.45) is 0.292. The molecule has 0 aromatic heterocycles. The quantitative estimate of drug-likeness (QED) is 0.623. The van der Waals surface area contributed by atoms with Gasteiger partial charge in [-0.2, -0.15) is 5.26 Å². The molecule has 10 heteroatoms. The van der Waals surface area contributed by atoms with Gasteiger partial charge in [0.05, 0.1) is 23.1 Å². The van der Waals surface area contributed by atoms with E-state index in [0.717, 1.165) is 0 Å². The van der Waals surface area contributed by atoms with Crippen molar-refractivity contribution in [1.29, 1.82) is 5.26 Å². The van der Waals surface area contributed by atoms with E-state index in [0.29, 0.717) is 16.6 Å². The molecule has 0 radical (unpaired) electrons. The molecule has 2 fully saturated rings. The Morgan fingerprint density at radius 2 is 2.00 bits per heavy atom. The first-order chi connectivity index (χ1) is 13.3. The maximum atomic E-state index is 13.1. The fraction of sp³-hybridized carbons (Fsp3) is 0.167. The van der Waals surface area contributed by atoms with Crippen LogP contribution in [0.3, 0.4) is 0 Å². The predicted molar refractivity (Wildman–Crippen MR) is 110 cm³/mol. The Morgan fingerprint density at radius 3 is 2.68 bits per heavy atom. The highest BCUT2D eigenvalue weighted by Crippen LogP contribution is 2.55. The Balaban J connectivity index is 1.90. The van der Waals surface area contributed by atoms with Gasteiger partial charge in [0.15, 0.2) is 0 Å². The second kappa shape index (κ2) is 6.79. The zero-order valence-corrected chi connectivity index (χ0v) is 16.8. The van der Waals surface area contributed by atoms with Gasteiger partial charge in [-0.1, -0.05) is 12.1 Å². The smallest absolute Gasteiger partial charge is 0.258 e. The van der Waals surface area contributed by atoms with E-state index in [1.54, 1.807) is 24.3 Å². The predicted octanol–water partition coefficient (Wildman–Crippen LogP) is 3.80. The summed E-state index contributed by atoms with van der Waals surface area (Å²) in [6.45, 7) is 0. The molecule has 1 amide bonds. The first kappa shape index (κ1) is 18.8. The zero-order chi connectivity index (χ0) is 20.1. The van der Waals surface area contributed by atoms with E-state index in [-0.39, 0.29) is 34.6 Å². The standard InChI is InChI=1S/C18H15BrN4O4S/c19-12-3-1-2-4-14(12)22-17(25)15-7-8-28(26,27)23(15)18(22)21-13-6-5-11(10-20)9-16(13)24/h1-6,9,15,24,26-27H,7-8H2. The van der Waals surface area contributed by atoms with Crippen molar-refractivity contribution in [3.63, 3.8) is 0 Å². The fourth-order valence-corrected chi connectivity index (χ4v) is 5.47. The van der Waals surface area contributed by atoms with Crippen LogP contribution in [0.15, 0.2) is 51.9 Å². The lowest BCUT2D eigenvalue weighted by molar-refractivity contribution is -0.118. The highest BCUT2D eigenvalue weighted by atomic mass is 79.9. The summed E-state index contributed by atoms with van der Waals surface area (Å²) in [6, 6.07) is 12.4. The van der Waals surface area contributed by atoms with Crippen LogP contribution in [0.4, 0.5) is 11.4 Å². The molecule has 28 heavy (non-hydrogen) atoms. The van der Waals surface area contributed by atoms with Crippen molar-refractivity contribution < 1.29 is 19.0 Å². The Kier molecular flexibility index (Phi) is 4.55. The summed E-state index contributed by atoms with van der Waals surface area (Å²) in [4.78, 5) is 18.8. The molecule has 1 atom stereocenters. The van der Waals surface area contributed by atoms with Gasteiger partial charge in [-0.25, -0.2) is 14.2 Å². The molecule has 0 spiro atoms. The number of anilines is 1. The van der Waals surface area contributed by atoms with Crippen LogP contribution in [-0.4, -0.2) is 42.2 Å². The van der Waals surface area contributed by atoms with E-state index in [4.69, 9.17) is 5.26 Å². The number of nitrogens with zero attached hydrogens (tertiary/aromatic N) is 4. The number of aliphatic imine (C=N–C) groups is 1. The van der Waals surface area contributed by atoms with Crippen LogP contribution >= 0.6 is 26.7 Å². The molecule has 2 aliphatic rings. The second-order valence-electron chi connectivity index (χ2n) is 6.32. The summed E-state index contributed by atoms with van der Waals surface area (Å²) < 4.78 is 22.9. The van der Waals surface area contributed by atoms with Crippen LogP contribution in [0.2, 0.25) is 0 Å². The minimum atomic E-state index is -3.21. The highest BCUT2D eigenvalue weighted by Gasteiger charge is 2.54. The number of carbonyl (C=O) groups excluding carboxylic acids is 1. The second-order valence-corrected chi connectivity index (χ2v) is 9.24. The molecule has 0 aliphatic carbocycles. The Morgan fingerprint density at radius 1 is 1.25 bits per heavy atom. The van der Waals surface area contributed by atoms with E-state index in [2.05, 4.69) is 20.9 Å². The minimum Gasteiger partial charge on any atom is -0.506 e. The molecule has 2 saturated heterocycles. The van der Waals surface area contributed by atoms with Crippen molar-refractivity contribution in [3.05, 3.63) is 52.5 Å². The topological polar surface area (TPSA) is 120 Å². The third-order valence-corrected chi connectivity index (χ3v) is 7.09. The van der Waals surface area contributed by atoms with E-state index in [1.807, 2.05) is 6.07 Å². The number of hydrogen-bond acceptors (Lipinski definition) is 6. The third kappa shape index (κ3) is 2.93. The number of halogens is 1. The van der Waals surface area contributed by atoms with Crippen LogP contribution in [0, 0.1) is 11.3 Å². The monoisotopic (exact) mass is 462 g/mol. The lowest BCUT2D eigenvalue weighted by Crippen LogP contribution is -2.36. The number of phenolic OH excluding ortho intramolecular Hbond substituents is 1. The number of amides is 1. The molecule has 0 saturated carbocycles. The van der Waals surface area contributed by atoms with Crippen molar-refractivity contribution >= 4 is 49.9 Å². The van der Waals surface area contributed by atoms with Gasteiger partial charge < -0.3 is 5.11 Å². The molecule has 2 heterocycles. The van der Waals surface area contributed by atoms with Crippen molar-refractivity contribution in [3.8, 4) is 11.8 Å². The molecule has 8 nitrogen and oxygen atoms in total. The number of rotatable bonds is 2. The van der Waals surface area contributed by atoms with Gasteiger partial charge in [-0.3, -0.25) is 13.9 Å². The van der Waals surface area contributed by atoms with Gasteiger partial charge in [0, 0.05) is 4.47 Å². The van der Waals surface area contributed by atoms with Crippen LogP contribution < -0.4 is 4.90 Å². The normalized spacial score (nSPS) is 23.0. The Labute approximate surface area is 170 Å². The zero-order valence-electron chi connectivity index (χ0n) is 14.4. The minimum absolute atomic E-state index is 0.0272. The number of hydrogen-bond donors (Lipinski definition) is 3. The highest BCUT2D eigenvalue weighted by molar-refractivity contribution is 9.10. The lowest BCUT2D eigenvalue weighted by atomic mass is 10.2. The number of benzene rings is 2. The van der Waals surface area contributed by atoms with Gasteiger partial charge >= 0.3 is 0 Å². The van der Waals surface area contributed by atoms with Crippen LogP contribution in [0.1, 0.15) is 12.0 Å². The van der Waals surface area contributed by atoms with E-state index in [1.165, 1.54) is 27.4 Å². The van der Waals surface area contributed by atoms with Crippen molar-refractivity contribution in [1.82, 2.24) is 4.31 Å². The van der Waals surface area contributed by atoms with E-state index < -0.39 is 16.8 Å². The lowest BCUT2D eigenvalue weighted by Gasteiger charge is -2.37. The van der Waals surface area contributed by atoms with E-state index >= 15 is 0 Å². The van der Waals surface area contributed by atoms with Crippen LogP contribution in [0.5, 0.6) is 5.75 Å². The maximum Gasteiger partial charge on any atom is 0.258 e. The Hall–Kier alpha value is -2.58. The molecule has 3 N–H and O–H groups in total. The van der Waals surface area contributed by atoms with Gasteiger partial charge in [-0.15, -0.1) is 10.8 Å². The molecule has 144 valence electrons. The summed E-state index contributed by atoms with van der Waals surface area (Å²) >= 11 is 3.42. The molecule has 2 aliphatic heterocycles. The van der Waals surface area contributed by atoms with Crippen molar-refractivity contribution in [2.75, 3.05) is 10.7 Å². The molecular formula is C18H15BrN4O4S. The van der Waals surface area contributed by atoms with Gasteiger partial charge in [0.25, 0.3) is 5.91 Å². The number of aromatic hydroxyl groups is 1. The number of carbonyl (C=O) groups is 1. The average molecular weight is 463 g/mol. The molecular weight excluding hydrogens is 448 g/mol. The first-order valence-electron chi connectivity index (χ1n) is 8.29. The summed E-state index contributed by atoms with van der Waals surface area (Å²) in [5.74, 6) is -0.466.